The maximum atomic E-state index is 4.85. The highest BCUT2D eigenvalue weighted by Crippen LogP contribution is 2.42. The van der Waals surface area contributed by atoms with Crippen molar-refractivity contribution in [2.45, 2.75) is 51.6 Å². The molecular weight excluding hydrogens is 256 g/mol. The molecule has 0 saturated carbocycles. The quantitative estimate of drug-likeness (QED) is 0.845. The van der Waals surface area contributed by atoms with E-state index >= 15 is 0 Å². The summed E-state index contributed by atoms with van der Waals surface area (Å²) in [7, 11) is 2.26. The van der Waals surface area contributed by atoms with Gasteiger partial charge in [-0.15, -0.1) is 0 Å². The van der Waals surface area contributed by atoms with E-state index < -0.39 is 0 Å². The Balaban J connectivity index is 1.81. The van der Waals surface area contributed by atoms with Crippen LogP contribution in [0.25, 0.3) is 4.96 Å². The van der Waals surface area contributed by atoms with Crippen LogP contribution in [0.5, 0.6) is 0 Å². The summed E-state index contributed by atoms with van der Waals surface area (Å²) in [6.07, 6.45) is 4.74. The van der Waals surface area contributed by atoms with Crippen LogP contribution in [0.15, 0.2) is 0 Å². The summed E-state index contributed by atoms with van der Waals surface area (Å²) < 4.78 is 2.14. The predicted molar refractivity (Wildman–Crippen MR) is 76.6 cm³/mol. The number of likely N-dealkylation sites (N-methyl/N-ethyl adjacent to an activating group) is 1. The van der Waals surface area contributed by atoms with Crippen molar-refractivity contribution in [2.24, 2.45) is 5.92 Å². The van der Waals surface area contributed by atoms with Crippen molar-refractivity contribution in [3.8, 4) is 0 Å². The number of imidazole rings is 1. The number of fused-ring (bicyclic) bond motifs is 6. The molecule has 1 fully saturated rings. The van der Waals surface area contributed by atoms with Gasteiger partial charge >= 0.3 is 0 Å². The van der Waals surface area contributed by atoms with E-state index in [-0.39, 0.29) is 0 Å². The van der Waals surface area contributed by atoms with Gasteiger partial charge in [-0.2, -0.15) is 5.10 Å². The highest BCUT2D eigenvalue weighted by atomic mass is 32.1. The van der Waals surface area contributed by atoms with Crippen molar-refractivity contribution >= 4 is 16.3 Å². The van der Waals surface area contributed by atoms with Gasteiger partial charge in [-0.1, -0.05) is 25.2 Å². The highest BCUT2D eigenvalue weighted by molar-refractivity contribution is 7.16. The Kier molecular flexibility index (Phi) is 2.51. The van der Waals surface area contributed by atoms with Crippen LogP contribution in [0.3, 0.4) is 0 Å². The topological polar surface area (TPSA) is 33.4 Å². The van der Waals surface area contributed by atoms with E-state index in [0.717, 1.165) is 17.8 Å². The summed E-state index contributed by atoms with van der Waals surface area (Å²) in [5, 5.41) is 6.05. The Morgan fingerprint density at radius 1 is 1.37 bits per heavy atom. The third kappa shape index (κ3) is 1.68. The second-order valence-corrected chi connectivity index (χ2v) is 7.39. The summed E-state index contributed by atoms with van der Waals surface area (Å²) in [5.41, 5.74) is 2.68. The van der Waals surface area contributed by atoms with E-state index in [4.69, 9.17) is 10.1 Å². The van der Waals surface area contributed by atoms with Crippen molar-refractivity contribution in [3.05, 3.63) is 16.4 Å². The Labute approximate surface area is 117 Å². The number of hydrogen-bond donors (Lipinski definition) is 0. The normalized spacial score (nSPS) is 26.5. The van der Waals surface area contributed by atoms with Crippen LogP contribution in [0, 0.1) is 5.92 Å². The molecule has 0 amide bonds. The van der Waals surface area contributed by atoms with Gasteiger partial charge in [0, 0.05) is 18.9 Å². The van der Waals surface area contributed by atoms with Crippen molar-refractivity contribution in [3.63, 3.8) is 0 Å². The first-order chi connectivity index (χ1) is 9.13. The molecule has 2 aromatic rings. The standard InChI is InChI=1S/C14H20N4S/c1-8(2)6-12-16-18-13-10(15-14(18)19-12)7-9-4-5-11(13)17(9)3/h8-9,11H,4-7H2,1-3H3. The van der Waals surface area contributed by atoms with Gasteiger partial charge < -0.3 is 0 Å². The molecule has 102 valence electrons. The van der Waals surface area contributed by atoms with E-state index in [0.29, 0.717) is 18.0 Å². The van der Waals surface area contributed by atoms with Crippen LogP contribution in [-0.4, -0.2) is 32.6 Å². The van der Waals surface area contributed by atoms with Gasteiger partial charge in [0.05, 0.1) is 17.4 Å². The summed E-state index contributed by atoms with van der Waals surface area (Å²) >= 11 is 1.77. The lowest BCUT2D eigenvalue weighted by Crippen LogP contribution is -2.34. The first-order valence-corrected chi connectivity index (χ1v) is 8.04. The van der Waals surface area contributed by atoms with Gasteiger partial charge in [0.25, 0.3) is 0 Å². The molecule has 19 heavy (non-hydrogen) atoms. The monoisotopic (exact) mass is 276 g/mol. The molecule has 2 unspecified atom stereocenters. The molecule has 1 saturated heterocycles. The molecular formula is C14H20N4S. The van der Waals surface area contributed by atoms with Gasteiger partial charge in [-0.3, -0.25) is 4.90 Å². The molecule has 2 aliphatic heterocycles. The average molecular weight is 276 g/mol. The second-order valence-electron chi connectivity index (χ2n) is 6.35. The zero-order valence-corrected chi connectivity index (χ0v) is 12.6. The van der Waals surface area contributed by atoms with Crippen LogP contribution >= 0.6 is 11.3 Å². The largest absolute Gasteiger partial charge is 0.294 e. The van der Waals surface area contributed by atoms with E-state index in [9.17, 15) is 0 Å². The Hall–Kier alpha value is -0.940. The maximum Gasteiger partial charge on any atom is 0.212 e. The maximum absolute atomic E-state index is 4.85. The second kappa shape index (κ2) is 4.03. The molecule has 4 heterocycles. The molecule has 0 N–H and O–H groups in total. The van der Waals surface area contributed by atoms with Crippen LogP contribution in [0.4, 0.5) is 0 Å². The number of rotatable bonds is 2. The minimum atomic E-state index is 0.540. The fourth-order valence-corrected chi connectivity index (χ4v) is 4.70. The van der Waals surface area contributed by atoms with Gasteiger partial charge in [0.15, 0.2) is 0 Å². The minimum Gasteiger partial charge on any atom is -0.294 e. The lowest BCUT2D eigenvalue weighted by Gasteiger charge is -2.30. The number of aromatic nitrogens is 3. The highest BCUT2D eigenvalue weighted by Gasteiger charge is 2.41. The molecule has 2 atom stereocenters. The van der Waals surface area contributed by atoms with Crippen molar-refractivity contribution < 1.29 is 0 Å². The fourth-order valence-electron chi connectivity index (χ4n) is 3.57. The smallest absolute Gasteiger partial charge is 0.212 e. The molecule has 0 spiro atoms. The zero-order valence-electron chi connectivity index (χ0n) is 11.8. The van der Waals surface area contributed by atoms with Crippen LogP contribution < -0.4 is 0 Å². The van der Waals surface area contributed by atoms with Gasteiger partial charge in [-0.05, 0) is 25.8 Å². The molecule has 0 aromatic carbocycles. The number of nitrogens with zero attached hydrogens (tertiary/aromatic N) is 4. The summed E-state index contributed by atoms with van der Waals surface area (Å²) in [5.74, 6) is 0.658. The summed E-state index contributed by atoms with van der Waals surface area (Å²) in [4.78, 5) is 8.47. The third-order valence-electron chi connectivity index (χ3n) is 4.52. The van der Waals surface area contributed by atoms with Crippen LogP contribution in [0.2, 0.25) is 0 Å². The van der Waals surface area contributed by atoms with Crippen molar-refractivity contribution in [2.75, 3.05) is 7.05 Å². The molecule has 2 bridgehead atoms. The van der Waals surface area contributed by atoms with Gasteiger partial charge in [-0.25, -0.2) is 9.50 Å². The van der Waals surface area contributed by atoms with Crippen molar-refractivity contribution in [1.29, 1.82) is 0 Å². The predicted octanol–water partition coefficient (Wildman–Crippen LogP) is 2.68. The van der Waals surface area contributed by atoms with Gasteiger partial charge in [0.1, 0.15) is 5.01 Å². The molecule has 4 nitrogen and oxygen atoms in total. The first kappa shape index (κ1) is 11.9. The molecule has 4 rings (SSSR count). The lowest BCUT2D eigenvalue weighted by atomic mass is 10.0. The average Bonchev–Trinajstić information content (AvgIpc) is 2.90. The van der Waals surface area contributed by atoms with E-state index in [1.54, 1.807) is 11.3 Å². The molecule has 2 aromatic heterocycles. The van der Waals surface area contributed by atoms with E-state index in [1.807, 2.05) is 0 Å². The fraction of sp³-hybridized carbons (Fsp3) is 0.714. The van der Waals surface area contributed by atoms with Gasteiger partial charge in [0.2, 0.25) is 4.96 Å². The first-order valence-electron chi connectivity index (χ1n) is 7.22. The third-order valence-corrected chi connectivity index (χ3v) is 5.46. The number of hydrogen-bond acceptors (Lipinski definition) is 4. The van der Waals surface area contributed by atoms with Crippen molar-refractivity contribution in [1.82, 2.24) is 19.5 Å². The lowest BCUT2D eigenvalue weighted by molar-refractivity contribution is 0.217. The molecule has 0 aliphatic carbocycles. The molecule has 2 aliphatic rings. The van der Waals surface area contributed by atoms with Crippen LogP contribution in [-0.2, 0) is 12.8 Å². The molecule has 0 radical (unpaired) electrons. The SMILES string of the molecule is CC(C)Cc1nn2c3c(nc2s1)CC1CCC3N1C. The van der Waals surface area contributed by atoms with E-state index in [2.05, 4.69) is 30.3 Å². The van der Waals surface area contributed by atoms with E-state index in [1.165, 1.54) is 29.2 Å². The Morgan fingerprint density at radius 3 is 3.00 bits per heavy atom. The zero-order chi connectivity index (χ0) is 13.1. The van der Waals surface area contributed by atoms with Crippen LogP contribution in [0.1, 0.15) is 49.1 Å². The Morgan fingerprint density at radius 2 is 2.21 bits per heavy atom. The summed E-state index contributed by atoms with van der Waals surface area (Å²) in [6, 6.07) is 1.25. The minimum absolute atomic E-state index is 0.540. The molecule has 5 heteroatoms. The Bertz CT molecular complexity index is 627. The summed E-state index contributed by atoms with van der Waals surface area (Å²) in [6.45, 7) is 4.49.